The third kappa shape index (κ3) is 10.3. The van der Waals surface area contributed by atoms with E-state index in [0.29, 0.717) is 26.4 Å². The molecule has 0 aromatic heterocycles. The average Bonchev–Trinajstić information content (AvgIpc) is 3.61. The minimum absolute atomic E-state index is 0.173. The largest absolute Gasteiger partial charge is 0.490 e. The van der Waals surface area contributed by atoms with Crippen molar-refractivity contribution in [2.24, 2.45) is 0 Å². The Balaban J connectivity index is 1.39. The second-order valence-electron chi connectivity index (χ2n) is 18.6. The van der Waals surface area contributed by atoms with Crippen LogP contribution in [0.25, 0.3) is 5.57 Å². The molecule has 0 bridgehead atoms. The lowest BCUT2D eigenvalue weighted by Crippen LogP contribution is -2.37. The van der Waals surface area contributed by atoms with Gasteiger partial charge in [0.15, 0.2) is 23.0 Å². The number of anilines is 1. The zero-order chi connectivity index (χ0) is 44.3. The monoisotopic (exact) mass is 849 g/mol. The molecule has 7 nitrogen and oxygen atoms in total. The number of hydrogen-bond acceptors (Lipinski definition) is 7. The molecule has 62 heavy (non-hydrogen) atoms. The fourth-order valence-corrected chi connectivity index (χ4v) is 9.75. The van der Waals surface area contributed by atoms with E-state index in [0.717, 1.165) is 133 Å². The standard InChI is InChI=1S/C55H80N2O5/c1-11-17-30-59-48-36-43-42(15-5)44(54(7,8)45(43)37-49(48)60-31-18-12-2)26-24-40-22-21-23-41(53(40)56-28-34-58-35-29-56)25-27-52-55(9,10)46-38-50(61-32-19-13-3)51(62-33-20-14-4)39-47(46)57(52)16-6/h24-27,36-39H,11-23,28-35H2,1-10H3/b26-24+,41-25+,52-27-. The summed E-state index contributed by atoms with van der Waals surface area (Å²) >= 11 is 0. The van der Waals surface area contributed by atoms with Gasteiger partial charge in [-0.2, -0.15) is 0 Å². The fraction of sp³-hybridized carbons (Fsp3) is 0.600. The molecule has 7 heteroatoms. The minimum Gasteiger partial charge on any atom is -0.490 e. The van der Waals surface area contributed by atoms with E-state index in [1.165, 1.54) is 56.1 Å². The summed E-state index contributed by atoms with van der Waals surface area (Å²) in [6.45, 7) is 29.9. The molecule has 0 unspecified atom stereocenters. The first kappa shape index (κ1) is 47.4. The molecular formula is C55H80N2O5. The molecule has 0 amide bonds. The van der Waals surface area contributed by atoms with Gasteiger partial charge in [-0.1, -0.05) is 106 Å². The maximum Gasteiger partial charge on any atom is 0.163 e. The molecule has 0 atom stereocenters. The average molecular weight is 849 g/mol. The molecular weight excluding hydrogens is 769 g/mol. The summed E-state index contributed by atoms with van der Waals surface area (Å²) in [5, 5.41) is 0. The van der Waals surface area contributed by atoms with Crippen molar-refractivity contribution in [1.82, 2.24) is 4.90 Å². The lowest BCUT2D eigenvalue weighted by atomic mass is 9.80. The van der Waals surface area contributed by atoms with Gasteiger partial charge in [0.05, 0.1) is 39.6 Å². The van der Waals surface area contributed by atoms with Crippen LogP contribution in [0, 0.1) is 0 Å². The third-order valence-corrected chi connectivity index (χ3v) is 13.5. The molecule has 0 radical (unpaired) electrons. The van der Waals surface area contributed by atoms with E-state index in [1.807, 2.05) is 0 Å². The normalized spacial score (nSPS) is 19.6. The van der Waals surface area contributed by atoms with E-state index in [-0.39, 0.29) is 10.8 Å². The zero-order valence-corrected chi connectivity index (χ0v) is 40.4. The number of allylic oxidation sites excluding steroid dienone is 9. The van der Waals surface area contributed by atoms with E-state index in [1.54, 1.807) is 0 Å². The van der Waals surface area contributed by atoms with E-state index >= 15 is 0 Å². The van der Waals surface area contributed by atoms with E-state index < -0.39 is 0 Å². The molecule has 2 aromatic carbocycles. The molecule has 2 aliphatic carbocycles. The predicted octanol–water partition coefficient (Wildman–Crippen LogP) is 13.8. The molecule has 0 spiro atoms. The molecule has 1 saturated heterocycles. The first-order valence-electron chi connectivity index (χ1n) is 24.6. The number of fused-ring (bicyclic) bond motifs is 2. The summed E-state index contributed by atoms with van der Waals surface area (Å²) in [6.07, 6.45) is 22.5. The number of unbranched alkanes of at least 4 members (excludes halogenated alkanes) is 4. The summed E-state index contributed by atoms with van der Waals surface area (Å²) < 4.78 is 31.6. The molecule has 2 heterocycles. The van der Waals surface area contributed by atoms with Gasteiger partial charge in [-0.15, -0.1) is 0 Å². The number of ether oxygens (including phenoxy) is 5. The van der Waals surface area contributed by atoms with Gasteiger partial charge in [-0.3, -0.25) is 0 Å². The topological polar surface area (TPSA) is 52.6 Å². The lowest BCUT2D eigenvalue weighted by Gasteiger charge is -2.36. The summed E-state index contributed by atoms with van der Waals surface area (Å²) in [7, 11) is 0. The molecule has 0 N–H and O–H groups in total. The highest BCUT2D eigenvalue weighted by Crippen LogP contribution is 2.53. The van der Waals surface area contributed by atoms with Gasteiger partial charge in [0.25, 0.3) is 0 Å². The van der Waals surface area contributed by atoms with Crippen molar-refractivity contribution in [1.29, 1.82) is 0 Å². The number of benzene rings is 2. The second-order valence-corrected chi connectivity index (χ2v) is 18.6. The van der Waals surface area contributed by atoms with Crippen LogP contribution in [0.1, 0.15) is 163 Å². The van der Waals surface area contributed by atoms with Crippen LogP contribution in [0.15, 0.2) is 76.7 Å². The highest BCUT2D eigenvalue weighted by atomic mass is 16.5. The van der Waals surface area contributed by atoms with Crippen molar-refractivity contribution in [3.63, 3.8) is 0 Å². The Labute approximate surface area is 376 Å². The Bertz CT molecular complexity index is 1990. The van der Waals surface area contributed by atoms with Crippen molar-refractivity contribution in [2.75, 3.05) is 64.2 Å². The van der Waals surface area contributed by atoms with Gasteiger partial charge in [0, 0.05) is 53.6 Å². The number of likely N-dealkylation sites (N-methyl/N-ethyl adjacent to an activating group) is 1. The molecule has 1 fully saturated rings. The van der Waals surface area contributed by atoms with E-state index in [9.17, 15) is 0 Å². The molecule has 2 aliphatic heterocycles. The highest BCUT2D eigenvalue weighted by molar-refractivity contribution is 5.84. The van der Waals surface area contributed by atoms with Crippen molar-refractivity contribution >= 4 is 11.3 Å². The maximum atomic E-state index is 6.42. The molecule has 4 aliphatic rings. The minimum atomic E-state index is -0.207. The van der Waals surface area contributed by atoms with Crippen LogP contribution in [0.3, 0.4) is 0 Å². The van der Waals surface area contributed by atoms with Gasteiger partial charge >= 0.3 is 0 Å². The van der Waals surface area contributed by atoms with E-state index in [4.69, 9.17) is 23.7 Å². The van der Waals surface area contributed by atoms with Gasteiger partial charge in [0.1, 0.15) is 0 Å². The molecule has 6 rings (SSSR count). The number of hydrogen-bond donors (Lipinski definition) is 0. The fourth-order valence-electron chi connectivity index (χ4n) is 9.75. The second kappa shape index (κ2) is 22.0. The Hall–Kier alpha value is -4.10. The van der Waals surface area contributed by atoms with Crippen LogP contribution in [0.4, 0.5) is 5.69 Å². The summed E-state index contributed by atoms with van der Waals surface area (Å²) in [5.41, 5.74) is 13.2. The Morgan fingerprint density at radius 3 is 1.73 bits per heavy atom. The number of morpholine rings is 1. The molecule has 2 aromatic rings. The zero-order valence-electron chi connectivity index (χ0n) is 40.4. The summed E-state index contributed by atoms with van der Waals surface area (Å²) in [5.74, 6) is 3.49. The van der Waals surface area contributed by atoms with Crippen LogP contribution >= 0.6 is 0 Å². The van der Waals surface area contributed by atoms with Crippen LogP contribution in [-0.2, 0) is 15.6 Å². The van der Waals surface area contributed by atoms with Gasteiger partial charge < -0.3 is 33.5 Å². The Kier molecular flexibility index (Phi) is 16.8. The first-order chi connectivity index (χ1) is 30.0. The van der Waals surface area contributed by atoms with Crippen molar-refractivity contribution in [3.8, 4) is 23.0 Å². The molecule has 340 valence electrons. The third-order valence-electron chi connectivity index (χ3n) is 13.5. The quantitative estimate of drug-likeness (QED) is 0.109. The van der Waals surface area contributed by atoms with Gasteiger partial charge in [-0.05, 0) is 122 Å². The van der Waals surface area contributed by atoms with Crippen LogP contribution < -0.4 is 23.8 Å². The van der Waals surface area contributed by atoms with Gasteiger partial charge in [-0.25, -0.2) is 0 Å². The SMILES string of the molecule is CCCCOc1cc2c(cc1OCCCC)C(C)(C)C(/C=C/C1=C(N3CCOCC3)C(=C/C=C3\N(CC)c4cc(OCCCC)c(OCCCC)cc4C3(C)C)/CCC1)=C2CC. The van der Waals surface area contributed by atoms with Crippen molar-refractivity contribution in [2.45, 2.75) is 157 Å². The predicted molar refractivity (Wildman–Crippen MR) is 259 cm³/mol. The Morgan fingerprint density at radius 1 is 0.629 bits per heavy atom. The smallest absolute Gasteiger partial charge is 0.163 e. The van der Waals surface area contributed by atoms with Crippen molar-refractivity contribution < 1.29 is 23.7 Å². The van der Waals surface area contributed by atoms with Crippen LogP contribution in [-0.4, -0.2) is 64.2 Å². The summed E-state index contributed by atoms with van der Waals surface area (Å²) in [6, 6.07) is 9.09. The van der Waals surface area contributed by atoms with Crippen LogP contribution in [0.2, 0.25) is 0 Å². The first-order valence-corrected chi connectivity index (χ1v) is 24.6. The van der Waals surface area contributed by atoms with Crippen LogP contribution in [0.5, 0.6) is 23.0 Å². The number of rotatable bonds is 22. The maximum absolute atomic E-state index is 6.42. The Morgan fingerprint density at radius 2 is 1.18 bits per heavy atom. The van der Waals surface area contributed by atoms with Gasteiger partial charge in [0.2, 0.25) is 0 Å². The number of nitrogens with zero attached hydrogens (tertiary/aromatic N) is 2. The van der Waals surface area contributed by atoms with E-state index in [2.05, 4.69) is 128 Å². The highest BCUT2D eigenvalue weighted by Gasteiger charge is 2.41. The lowest BCUT2D eigenvalue weighted by molar-refractivity contribution is 0.0538. The van der Waals surface area contributed by atoms with Crippen molar-refractivity contribution in [3.05, 3.63) is 93.4 Å². The molecule has 0 saturated carbocycles. The summed E-state index contributed by atoms with van der Waals surface area (Å²) in [4.78, 5) is 5.10.